The van der Waals surface area contributed by atoms with Crippen molar-refractivity contribution < 1.29 is 4.74 Å². The van der Waals surface area contributed by atoms with Gasteiger partial charge < -0.3 is 10.1 Å². The van der Waals surface area contributed by atoms with E-state index in [2.05, 4.69) is 23.2 Å². The molecule has 1 aliphatic rings. The molecule has 0 aromatic heterocycles. The molecule has 1 fully saturated rings. The number of nitrogens with zero attached hydrogens (tertiary/aromatic N) is 2. The van der Waals surface area contributed by atoms with E-state index in [0.717, 1.165) is 45.0 Å². The molecule has 18 heavy (non-hydrogen) atoms. The molecule has 0 aromatic rings. The number of methoxy groups -OCH3 is 1. The fourth-order valence-corrected chi connectivity index (χ4v) is 2.38. The Morgan fingerprint density at radius 1 is 1.44 bits per heavy atom. The molecule has 1 rings (SSSR count). The van der Waals surface area contributed by atoms with Gasteiger partial charge in [-0.05, 0) is 45.7 Å². The Labute approximate surface area is 111 Å². The van der Waals surface area contributed by atoms with E-state index in [0.29, 0.717) is 0 Å². The minimum Gasteiger partial charge on any atom is -0.383 e. The van der Waals surface area contributed by atoms with Gasteiger partial charge in [-0.2, -0.15) is 5.26 Å². The zero-order chi connectivity index (χ0) is 13.4. The normalized spacial score (nSPS) is 18.6. The van der Waals surface area contributed by atoms with Crippen LogP contribution in [0.5, 0.6) is 0 Å². The molecule has 1 unspecified atom stereocenters. The summed E-state index contributed by atoms with van der Waals surface area (Å²) in [5.41, 5.74) is -0.337. The Kier molecular flexibility index (Phi) is 6.62. The van der Waals surface area contributed by atoms with Crippen LogP contribution in [0.25, 0.3) is 0 Å². The first-order chi connectivity index (χ1) is 8.71. The second kappa shape index (κ2) is 7.73. The van der Waals surface area contributed by atoms with Crippen LogP contribution < -0.4 is 5.32 Å². The molecule has 0 aliphatic heterocycles. The van der Waals surface area contributed by atoms with E-state index in [1.807, 2.05) is 7.05 Å². The van der Waals surface area contributed by atoms with Gasteiger partial charge in [0.2, 0.25) is 0 Å². The largest absolute Gasteiger partial charge is 0.383 e. The van der Waals surface area contributed by atoms with Crippen molar-refractivity contribution in [3.8, 4) is 6.07 Å². The average Bonchev–Trinajstić information content (AvgIpc) is 3.23. The summed E-state index contributed by atoms with van der Waals surface area (Å²) in [5.74, 6) is 0. The molecular formula is C14H27N3O. The summed E-state index contributed by atoms with van der Waals surface area (Å²) in [6.45, 7) is 4.98. The third-order valence-corrected chi connectivity index (χ3v) is 3.99. The molecule has 4 heteroatoms. The van der Waals surface area contributed by atoms with E-state index in [1.165, 1.54) is 12.8 Å². The molecule has 1 atom stereocenters. The standard InChI is InChI=1S/C14H27N3O/c1-4-14(12-15,16-2)8-5-9-17(10-11-18-3)13-6-7-13/h13,16H,4-11H2,1-3H3. The monoisotopic (exact) mass is 253 g/mol. The predicted molar refractivity (Wildman–Crippen MR) is 73.4 cm³/mol. The maximum atomic E-state index is 9.26. The van der Waals surface area contributed by atoms with Gasteiger partial charge in [0.15, 0.2) is 0 Å². The van der Waals surface area contributed by atoms with Gasteiger partial charge in [0, 0.05) is 19.7 Å². The minimum absolute atomic E-state index is 0.337. The van der Waals surface area contributed by atoms with Crippen LogP contribution in [0.3, 0.4) is 0 Å². The van der Waals surface area contributed by atoms with E-state index < -0.39 is 0 Å². The van der Waals surface area contributed by atoms with Gasteiger partial charge in [0.1, 0.15) is 5.54 Å². The fourth-order valence-electron chi connectivity index (χ4n) is 2.38. The Morgan fingerprint density at radius 2 is 2.17 bits per heavy atom. The van der Waals surface area contributed by atoms with E-state index in [-0.39, 0.29) is 5.54 Å². The lowest BCUT2D eigenvalue weighted by molar-refractivity contribution is 0.140. The molecule has 4 nitrogen and oxygen atoms in total. The van der Waals surface area contributed by atoms with Crippen LogP contribution in [-0.4, -0.2) is 50.3 Å². The van der Waals surface area contributed by atoms with Crippen molar-refractivity contribution >= 4 is 0 Å². The smallest absolute Gasteiger partial charge is 0.106 e. The van der Waals surface area contributed by atoms with Crippen molar-refractivity contribution in [1.82, 2.24) is 10.2 Å². The summed E-state index contributed by atoms with van der Waals surface area (Å²) >= 11 is 0. The minimum atomic E-state index is -0.337. The Balaban J connectivity index is 2.31. The number of rotatable bonds is 10. The fraction of sp³-hybridized carbons (Fsp3) is 0.929. The molecular weight excluding hydrogens is 226 g/mol. The quantitative estimate of drug-likeness (QED) is 0.644. The maximum absolute atomic E-state index is 9.26. The molecule has 1 N–H and O–H groups in total. The number of ether oxygens (including phenoxy) is 1. The lowest BCUT2D eigenvalue weighted by Crippen LogP contribution is -2.41. The summed E-state index contributed by atoms with van der Waals surface area (Å²) in [6, 6.07) is 3.19. The number of hydrogen-bond acceptors (Lipinski definition) is 4. The van der Waals surface area contributed by atoms with Gasteiger partial charge in [0.25, 0.3) is 0 Å². The van der Waals surface area contributed by atoms with E-state index in [4.69, 9.17) is 4.74 Å². The van der Waals surface area contributed by atoms with Crippen LogP contribution in [-0.2, 0) is 4.74 Å². The Hall–Kier alpha value is -0.630. The molecule has 0 radical (unpaired) electrons. The molecule has 104 valence electrons. The highest BCUT2D eigenvalue weighted by atomic mass is 16.5. The summed E-state index contributed by atoms with van der Waals surface area (Å²) in [5, 5.41) is 12.4. The van der Waals surface area contributed by atoms with Gasteiger partial charge >= 0.3 is 0 Å². The van der Waals surface area contributed by atoms with Crippen molar-refractivity contribution in [2.75, 3.05) is 33.9 Å². The second-order valence-corrected chi connectivity index (χ2v) is 5.16. The third-order valence-electron chi connectivity index (χ3n) is 3.99. The Bertz CT molecular complexity index is 267. The molecule has 0 amide bonds. The van der Waals surface area contributed by atoms with Gasteiger partial charge in [0.05, 0.1) is 12.7 Å². The molecule has 0 bridgehead atoms. The first-order valence-corrected chi connectivity index (χ1v) is 7.04. The maximum Gasteiger partial charge on any atom is 0.106 e. The molecule has 0 saturated heterocycles. The summed E-state index contributed by atoms with van der Waals surface area (Å²) in [4.78, 5) is 2.51. The first kappa shape index (κ1) is 15.4. The molecule has 1 saturated carbocycles. The highest BCUT2D eigenvalue weighted by Crippen LogP contribution is 2.27. The van der Waals surface area contributed by atoms with Gasteiger partial charge in [-0.1, -0.05) is 6.92 Å². The van der Waals surface area contributed by atoms with Crippen molar-refractivity contribution in [1.29, 1.82) is 5.26 Å². The SMILES string of the molecule is CCC(C#N)(CCCN(CCOC)C1CC1)NC. The van der Waals surface area contributed by atoms with E-state index in [1.54, 1.807) is 7.11 Å². The Morgan fingerprint density at radius 3 is 2.61 bits per heavy atom. The topological polar surface area (TPSA) is 48.3 Å². The third kappa shape index (κ3) is 4.56. The van der Waals surface area contributed by atoms with E-state index >= 15 is 0 Å². The van der Waals surface area contributed by atoms with Crippen LogP contribution in [0.15, 0.2) is 0 Å². The molecule has 0 heterocycles. The van der Waals surface area contributed by atoms with Crippen LogP contribution >= 0.6 is 0 Å². The second-order valence-electron chi connectivity index (χ2n) is 5.16. The molecule has 0 aromatic carbocycles. The predicted octanol–water partition coefficient (Wildman–Crippen LogP) is 1.77. The van der Waals surface area contributed by atoms with Crippen molar-refractivity contribution in [3.05, 3.63) is 0 Å². The van der Waals surface area contributed by atoms with Crippen LogP contribution in [0.1, 0.15) is 39.0 Å². The summed E-state index contributed by atoms with van der Waals surface area (Å²) in [6.07, 6.45) is 5.51. The van der Waals surface area contributed by atoms with Gasteiger partial charge in [-0.3, -0.25) is 4.90 Å². The zero-order valence-electron chi connectivity index (χ0n) is 12.0. The van der Waals surface area contributed by atoms with Crippen molar-refractivity contribution in [3.63, 3.8) is 0 Å². The lowest BCUT2D eigenvalue weighted by atomic mass is 9.92. The lowest BCUT2D eigenvalue weighted by Gasteiger charge is -2.27. The summed E-state index contributed by atoms with van der Waals surface area (Å²) in [7, 11) is 3.64. The van der Waals surface area contributed by atoms with Crippen LogP contribution in [0.4, 0.5) is 0 Å². The van der Waals surface area contributed by atoms with Crippen molar-refractivity contribution in [2.45, 2.75) is 50.6 Å². The van der Waals surface area contributed by atoms with Crippen LogP contribution in [0.2, 0.25) is 0 Å². The molecule has 0 spiro atoms. The number of nitrogens with one attached hydrogen (secondary N) is 1. The zero-order valence-corrected chi connectivity index (χ0v) is 12.0. The van der Waals surface area contributed by atoms with Crippen LogP contribution in [0, 0.1) is 11.3 Å². The summed E-state index contributed by atoms with van der Waals surface area (Å²) < 4.78 is 5.15. The van der Waals surface area contributed by atoms with Gasteiger partial charge in [-0.15, -0.1) is 0 Å². The van der Waals surface area contributed by atoms with E-state index in [9.17, 15) is 5.26 Å². The van der Waals surface area contributed by atoms with Crippen molar-refractivity contribution in [2.24, 2.45) is 0 Å². The molecule has 1 aliphatic carbocycles. The first-order valence-electron chi connectivity index (χ1n) is 7.04. The highest BCUT2D eigenvalue weighted by molar-refractivity contribution is 5.05. The van der Waals surface area contributed by atoms with Gasteiger partial charge in [-0.25, -0.2) is 0 Å². The highest BCUT2D eigenvalue weighted by Gasteiger charge is 2.30. The number of hydrogen-bond donors (Lipinski definition) is 1. The number of nitriles is 1. The average molecular weight is 253 g/mol.